The minimum Gasteiger partial charge on any atom is -0.457 e. The van der Waals surface area contributed by atoms with Crippen LogP contribution in [0.3, 0.4) is 0 Å². The van der Waals surface area contributed by atoms with Crippen LogP contribution in [0.25, 0.3) is 0 Å². The molecule has 3 N–H and O–H groups in total. The van der Waals surface area contributed by atoms with Crippen LogP contribution >= 0.6 is 0 Å². The molecule has 0 bridgehead atoms. The molecule has 0 heterocycles. The van der Waals surface area contributed by atoms with Gasteiger partial charge in [-0.3, -0.25) is 5.41 Å². The fourth-order valence-electron chi connectivity index (χ4n) is 1.92. The molecule has 0 radical (unpaired) electrons. The van der Waals surface area contributed by atoms with Gasteiger partial charge >= 0.3 is 0 Å². The molecule has 0 aliphatic heterocycles. The molecule has 0 aliphatic carbocycles. The maximum absolute atomic E-state index is 13.2. The normalized spacial score (nSPS) is 10.3. The Morgan fingerprint density at radius 1 is 1.11 bits per heavy atom. The lowest BCUT2D eigenvalue weighted by Gasteiger charge is -2.11. The van der Waals surface area contributed by atoms with E-state index in [9.17, 15) is 4.39 Å². The summed E-state index contributed by atoms with van der Waals surface area (Å²) in [6.45, 7) is 3.94. The lowest BCUT2D eigenvalue weighted by Crippen LogP contribution is -2.12. The highest BCUT2D eigenvalue weighted by molar-refractivity contribution is 5.97. The molecule has 98 valence electrons. The van der Waals surface area contributed by atoms with Crippen LogP contribution in [0.4, 0.5) is 4.39 Å². The number of hydrogen-bond donors (Lipinski definition) is 2. The molecule has 0 unspecified atom stereocenters. The summed E-state index contributed by atoms with van der Waals surface area (Å²) in [7, 11) is 0. The van der Waals surface area contributed by atoms with Crippen LogP contribution in [0.2, 0.25) is 0 Å². The Kier molecular flexibility index (Phi) is 3.51. The van der Waals surface area contributed by atoms with Crippen LogP contribution in [0.1, 0.15) is 16.7 Å². The van der Waals surface area contributed by atoms with E-state index < -0.39 is 5.82 Å². The molecule has 0 aromatic heterocycles. The fraction of sp³-hybridized carbons (Fsp3) is 0.133. The summed E-state index contributed by atoms with van der Waals surface area (Å²) in [6, 6.07) is 9.73. The van der Waals surface area contributed by atoms with Gasteiger partial charge in [-0.05, 0) is 55.3 Å². The lowest BCUT2D eigenvalue weighted by molar-refractivity contribution is 0.478. The smallest absolute Gasteiger partial charge is 0.138 e. The van der Waals surface area contributed by atoms with Crippen molar-refractivity contribution in [1.82, 2.24) is 0 Å². The van der Waals surface area contributed by atoms with Crippen molar-refractivity contribution < 1.29 is 9.13 Å². The number of ether oxygens (including phenoxy) is 1. The Morgan fingerprint density at radius 2 is 1.74 bits per heavy atom. The SMILES string of the molecule is Cc1cc(C)cc(Oc2ccc(F)cc2C(=N)N)c1. The van der Waals surface area contributed by atoms with Gasteiger partial charge in [0.2, 0.25) is 0 Å². The second-order valence-corrected chi connectivity index (χ2v) is 4.48. The number of rotatable bonds is 3. The van der Waals surface area contributed by atoms with Gasteiger partial charge < -0.3 is 10.5 Å². The van der Waals surface area contributed by atoms with Crippen molar-refractivity contribution in [3.63, 3.8) is 0 Å². The second-order valence-electron chi connectivity index (χ2n) is 4.48. The summed E-state index contributed by atoms with van der Waals surface area (Å²) >= 11 is 0. The summed E-state index contributed by atoms with van der Waals surface area (Å²) in [5, 5.41) is 7.45. The molecule has 0 saturated heterocycles. The summed E-state index contributed by atoms with van der Waals surface area (Å²) in [6.07, 6.45) is 0. The highest BCUT2D eigenvalue weighted by Crippen LogP contribution is 2.27. The number of aryl methyl sites for hydroxylation is 2. The largest absolute Gasteiger partial charge is 0.457 e. The molecule has 19 heavy (non-hydrogen) atoms. The Bertz CT molecular complexity index is 618. The van der Waals surface area contributed by atoms with Gasteiger partial charge in [0, 0.05) is 0 Å². The van der Waals surface area contributed by atoms with E-state index in [-0.39, 0.29) is 11.4 Å². The first-order valence-electron chi connectivity index (χ1n) is 5.86. The minimum absolute atomic E-state index is 0.223. The number of nitrogens with one attached hydrogen (secondary N) is 1. The molecule has 2 aromatic carbocycles. The van der Waals surface area contributed by atoms with Crippen molar-refractivity contribution in [2.24, 2.45) is 5.73 Å². The van der Waals surface area contributed by atoms with Crippen LogP contribution in [0, 0.1) is 25.1 Å². The standard InChI is InChI=1S/C15H15FN2O/c1-9-5-10(2)7-12(6-9)19-14-4-3-11(16)8-13(14)15(17)18/h3-8H,1-2H3,(H3,17,18). The highest BCUT2D eigenvalue weighted by Gasteiger charge is 2.09. The van der Waals surface area contributed by atoms with E-state index in [2.05, 4.69) is 0 Å². The third-order valence-corrected chi connectivity index (χ3v) is 2.65. The van der Waals surface area contributed by atoms with Crippen LogP contribution < -0.4 is 10.5 Å². The second kappa shape index (κ2) is 5.10. The van der Waals surface area contributed by atoms with Gasteiger partial charge in [0.05, 0.1) is 5.56 Å². The van der Waals surface area contributed by atoms with Gasteiger partial charge in [-0.1, -0.05) is 6.07 Å². The van der Waals surface area contributed by atoms with Crippen LogP contribution in [-0.4, -0.2) is 5.84 Å². The summed E-state index contributed by atoms with van der Waals surface area (Å²) in [4.78, 5) is 0. The molecular weight excluding hydrogens is 243 g/mol. The molecule has 0 aliphatic rings. The van der Waals surface area contributed by atoms with Crippen LogP contribution in [0.5, 0.6) is 11.5 Å². The summed E-state index contributed by atoms with van der Waals surface area (Å²) in [5.41, 5.74) is 7.82. The molecule has 0 amide bonds. The van der Waals surface area contributed by atoms with Crippen LogP contribution in [-0.2, 0) is 0 Å². The molecular formula is C15H15FN2O. The monoisotopic (exact) mass is 258 g/mol. The first-order valence-corrected chi connectivity index (χ1v) is 5.86. The number of nitrogens with two attached hydrogens (primary N) is 1. The van der Waals surface area contributed by atoms with Gasteiger partial charge in [0.25, 0.3) is 0 Å². The van der Waals surface area contributed by atoms with Crippen molar-refractivity contribution in [3.05, 3.63) is 58.9 Å². The zero-order valence-corrected chi connectivity index (χ0v) is 10.8. The van der Waals surface area contributed by atoms with E-state index in [0.29, 0.717) is 11.5 Å². The average Bonchev–Trinajstić information content (AvgIpc) is 2.30. The first-order chi connectivity index (χ1) is 8.95. The number of amidine groups is 1. The summed E-state index contributed by atoms with van der Waals surface area (Å²) in [5.74, 6) is 0.349. The van der Waals surface area contributed by atoms with E-state index in [4.69, 9.17) is 15.9 Å². The molecule has 0 saturated carbocycles. The molecule has 0 atom stereocenters. The van der Waals surface area contributed by atoms with Gasteiger partial charge in [0.1, 0.15) is 23.2 Å². The van der Waals surface area contributed by atoms with E-state index >= 15 is 0 Å². The van der Waals surface area contributed by atoms with E-state index in [1.807, 2.05) is 32.0 Å². The van der Waals surface area contributed by atoms with Crippen molar-refractivity contribution in [1.29, 1.82) is 5.41 Å². The predicted molar refractivity (Wildman–Crippen MR) is 73.4 cm³/mol. The van der Waals surface area contributed by atoms with Crippen molar-refractivity contribution in [3.8, 4) is 11.5 Å². The lowest BCUT2D eigenvalue weighted by atomic mass is 10.1. The first kappa shape index (κ1) is 13.1. The molecule has 0 spiro atoms. The molecule has 4 heteroatoms. The quantitative estimate of drug-likeness (QED) is 0.653. The van der Waals surface area contributed by atoms with Gasteiger partial charge in [-0.15, -0.1) is 0 Å². The average molecular weight is 258 g/mol. The number of hydrogen-bond acceptors (Lipinski definition) is 2. The minimum atomic E-state index is -0.446. The van der Waals surface area contributed by atoms with E-state index in [0.717, 1.165) is 11.1 Å². The number of nitrogen functional groups attached to an aromatic ring is 1. The van der Waals surface area contributed by atoms with Crippen LogP contribution in [0.15, 0.2) is 36.4 Å². The third-order valence-electron chi connectivity index (χ3n) is 2.65. The van der Waals surface area contributed by atoms with Gasteiger partial charge in [-0.2, -0.15) is 0 Å². The Morgan fingerprint density at radius 3 is 2.32 bits per heavy atom. The molecule has 2 aromatic rings. The Balaban J connectivity index is 2.40. The van der Waals surface area contributed by atoms with Crippen molar-refractivity contribution >= 4 is 5.84 Å². The molecule has 0 fully saturated rings. The topological polar surface area (TPSA) is 59.1 Å². The maximum atomic E-state index is 13.2. The Hall–Kier alpha value is -2.36. The summed E-state index contributed by atoms with van der Waals surface area (Å²) < 4.78 is 18.9. The zero-order valence-electron chi connectivity index (χ0n) is 10.8. The van der Waals surface area contributed by atoms with Crippen molar-refractivity contribution in [2.75, 3.05) is 0 Å². The van der Waals surface area contributed by atoms with Gasteiger partial charge in [0.15, 0.2) is 0 Å². The molecule has 2 rings (SSSR count). The van der Waals surface area contributed by atoms with E-state index in [1.54, 1.807) is 0 Å². The number of benzene rings is 2. The highest BCUT2D eigenvalue weighted by atomic mass is 19.1. The van der Waals surface area contributed by atoms with E-state index in [1.165, 1.54) is 18.2 Å². The van der Waals surface area contributed by atoms with Crippen molar-refractivity contribution in [2.45, 2.75) is 13.8 Å². The zero-order chi connectivity index (χ0) is 14.0. The maximum Gasteiger partial charge on any atom is 0.138 e. The molecule has 3 nitrogen and oxygen atoms in total. The Labute approximate surface area is 111 Å². The van der Waals surface area contributed by atoms with Gasteiger partial charge in [-0.25, -0.2) is 4.39 Å². The fourth-order valence-corrected chi connectivity index (χ4v) is 1.92. The predicted octanol–water partition coefficient (Wildman–Crippen LogP) is 3.52. The number of halogens is 1. The third kappa shape index (κ3) is 3.10.